The highest BCUT2D eigenvalue weighted by Crippen LogP contribution is 2.26. The lowest BCUT2D eigenvalue weighted by atomic mass is 10.1. The number of ether oxygens (including phenoxy) is 1. The van der Waals surface area contributed by atoms with Gasteiger partial charge in [0.25, 0.3) is 11.5 Å². The molecule has 1 amide bonds. The molecule has 174 valence electrons. The predicted molar refractivity (Wildman–Crippen MR) is 137 cm³/mol. The average molecular weight is 474 g/mol. The van der Waals surface area contributed by atoms with Gasteiger partial charge in [0.1, 0.15) is 5.75 Å². The van der Waals surface area contributed by atoms with Crippen molar-refractivity contribution in [2.24, 2.45) is 0 Å². The highest BCUT2D eigenvalue weighted by molar-refractivity contribution is 7.98. The Bertz CT molecular complexity index is 1390. The van der Waals surface area contributed by atoms with Crippen LogP contribution in [0.15, 0.2) is 76.7 Å². The van der Waals surface area contributed by atoms with Crippen LogP contribution in [-0.4, -0.2) is 28.6 Å². The van der Waals surface area contributed by atoms with Crippen molar-refractivity contribution in [1.29, 1.82) is 0 Å². The van der Waals surface area contributed by atoms with Gasteiger partial charge in [-0.05, 0) is 68.8 Å². The summed E-state index contributed by atoms with van der Waals surface area (Å²) in [6.07, 6.45) is 0. The van der Waals surface area contributed by atoms with Gasteiger partial charge >= 0.3 is 0 Å². The van der Waals surface area contributed by atoms with E-state index in [2.05, 4.69) is 30.4 Å². The van der Waals surface area contributed by atoms with Crippen molar-refractivity contribution < 1.29 is 9.53 Å². The Morgan fingerprint density at radius 2 is 1.85 bits per heavy atom. The Morgan fingerprint density at radius 1 is 1.09 bits per heavy atom. The molecule has 1 aromatic heterocycles. The summed E-state index contributed by atoms with van der Waals surface area (Å²) in [7, 11) is 1.61. The van der Waals surface area contributed by atoms with Crippen LogP contribution in [-0.2, 0) is 5.75 Å². The number of amides is 1. The van der Waals surface area contributed by atoms with Crippen LogP contribution in [0.3, 0.4) is 0 Å². The van der Waals surface area contributed by atoms with Crippen molar-refractivity contribution >= 4 is 28.6 Å². The van der Waals surface area contributed by atoms with Crippen LogP contribution in [0.5, 0.6) is 5.75 Å². The smallest absolute Gasteiger partial charge is 0.266 e. The summed E-state index contributed by atoms with van der Waals surface area (Å²) < 4.78 is 6.89. The lowest BCUT2D eigenvalue weighted by molar-refractivity contribution is 0.0943. The molecule has 3 aromatic carbocycles. The van der Waals surface area contributed by atoms with Gasteiger partial charge < -0.3 is 10.1 Å². The van der Waals surface area contributed by atoms with Crippen LogP contribution in [0.2, 0.25) is 0 Å². The van der Waals surface area contributed by atoms with Gasteiger partial charge in [0.2, 0.25) is 0 Å². The number of carbonyl (C=O) groups excluding carboxylic acids is 1. The molecule has 7 heteroatoms. The highest BCUT2D eigenvalue weighted by Gasteiger charge is 2.16. The Balaban J connectivity index is 1.82. The molecular weight excluding hydrogens is 446 g/mol. The predicted octanol–water partition coefficient (Wildman–Crippen LogP) is 5.13. The third-order valence-corrected chi connectivity index (χ3v) is 6.31. The van der Waals surface area contributed by atoms with Crippen LogP contribution < -0.4 is 15.6 Å². The van der Waals surface area contributed by atoms with Crippen LogP contribution in [0.25, 0.3) is 16.6 Å². The number of nitrogens with zero attached hydrogens (tertiary/aromatic N) is 2. The van der Waals surface area contributed by atoms with E-state index in [0.717, 1.165) is 5.56 Å². The number of hydrogen-bond donors (Lipinski definition) is 1. The molecule has 0 aliphatic rings. The largest absolute Gasteiger partial charge is 0.497 e. The van der Waals surface area contributed by atoms with Gasteiger partial charge in [-0.2, -0.15) is 0 Å². The van der Waals surface area contributed by atoms with E-state index < -0.39 is 0 Å². The minimum Gasteiger partial charge on any atom is -0.497 e. The Hall–Kier alpha value is -3.58. The molecule has 0 saturated carbocycles. The lowest BCUT2D eigenvalue weighted by Crippen LogP contribution is -2.30. The molecule has 1 N–H and O–H groups in total. The van der Waals surface area contributed by atoms with Crippen LogP contribution >= 0.6 is 11.8 Å². The minimum atomic E-state index is -0.188. The second-order valence-corrected chi connectivity index (χ2v) is 9.31. The first kappa shape index (κ1) is 23.6. The van der Waals surface area contributed by atoms with E-state index in [4.69, 9.17) is 9.72 Å². The van der Waals surface area contributed by atoms with Crippen molar-refractivity contribution in [2.75, 3.05) is 7.11 Å². The van der Waals surface area contributed by atoms with E-state index >= 15 is 0 Å². The molecule has 0 saturated heterocycles. The number of hydrogen-bond acceptors (Lipinski definition) is 5. The standard InChI is InChI=1S/C27H27N3O3S/c1-17(2)28-25(31)20-8-13-23-24(15-20)29-27(34-16-19-7-5-6-18(3)14-19)30(26(23)32)21-9-11-22(33-4)12-10-21/h5-15,17H,16H2,1-4H3,(H,28,31). The number of thioether (sulfide) groups is 1. The zero-order valence-electron chi connectivity index (χ0n) is 19.7. The monoisotopic (exact) mass is 473 g/mol. The summed E-state index contributed by atoms with van der Waals surface area (Å²) >= 11 is 1.49. The maximum Gasteiger partial charge on any atom is 0.266 e. The highest BCUT2D eigenvalue weighted by atomic mass is 32.2. The van der Waals surface area contributed by atoms with Gasteiger partial charge in [-0.3, -0.25) is 14.2 Å². The molecule has 0 spiro atoms. The van der Waals surface area contributed by atoms with Gasteiger partial charge in [0.15, 0.2) is 5.16 Å². The van der Waals surface area contributed by atoms with Gasteiger partial charge in [0, 0.05) is 17.4 Å². The normalized spacial score (nSPS) is 11.1. The van der Waals surface area contributed by atoms with E-state index in [-0.39, 0.29) is 17.5 Å². The third kappa shape index (κ3) is 5.15. The fourth-order valence-electron chi connectivity index (χ4n) is 3.66. The summed E-state index contributed by atoms with van der Waals surface area (Å²) in [6, 6.07) is 20.6. The molecule has 0 unspecified atom stereocenters. The molecule has 6 nitrogen and oxygen atoms in total. The number of fused-ring (bicyclic) bond motifs is 1. The topological polar surface area (TPSA) is 73.2 Å². The van der Waals surface area contributed by atoms with Crippen molar-refractivity contribution in [1.82, 2.24) is 14.9 Å². The first-order chi connectivity index (χ1) is 16.4. The Morgan fingerprint density at radius 3 is 2.53 bits per heavy atom. The molecule has 4 rings (SSSR count). The first-order valence-corrected chi connectivity index (χ1v) is 12.0. The van der Waals surface area contributed by atoms with Crippen LogP contribution in [0.4, 0.5) is 0 Å². The van der Waals surface area contributed by atoms with Gasteiger partial charge in [0.05, 0.1) is 23.7 Å². The molecule has 0 aliphatic carbocycles. The molecule has 0 atom stereocenters. The molecule has 4 aromatic rings. The molecule has 0 fully saturated rings. The number of rotatable bonds is 7. The maximum absolute atomic E-state index is 13.6. The summed E-state index contributed by atoms with van der Waals surface area (Å²) in [5.41, 5.74) is 3.82. The van der Waals surface area contributed by atoms with E-state index in [9.17, 15) is 9.59 Å². The zero-order chi connectivity index (χ0) is 24.2. The molecule has 0 bridgehead atoms. The summed E-state index contributed by atoms with van der Waals surface area (Å²) in [5, 5.41) is 3.90. The Labute approximate surface area is 203 Å². The van der Waals surface area contributed by atoms with Crippen molar-refractivity contribution in [3.05, 3.63) is 93.8 Å². The maximum atomic E-state index is 13.6. The summed E-state index contributed by atoms with van der Waals surface area (Å²) in [4.78, 5) is 31.0. The average Bonchev–Trinajstić information content (AvgIpc) is 2.82. The SMILES string of the molecule is COc1ccc(-n2c(SCc3cccc(C)c3)nc3cc(C(=O)NC(C)C)ccc3c2=O)cc1. The number of nitrogens with one attached hydrogen (secondary N) is 1. The fourth-order valence-corrected chi connectivity index (χ4v) is 4.61. The van der Waals surface area contributed by atoms with E-state index in [1.54, 1.807) is 29.9 Å². The molecule has 0 radical (unpaired) electrons. The summed E-state index contributed by atoms with van der Waals surface area (Å²) in [6.45, 7) is 5.87. The number of benzene rings is 3. The molecule has 1 heterocycles. The van der Waals surface area contributed by atoms with Crippen molar-refractivity contribution in [3.8, 4) is 11.4 Å². The molecule has 34 heavy (non-hydrogen) atoms. The first-order valence-electron chi connectivity index (χ1n) is 11.1. The van der Waals surface area contributed by atoms with Gasteiger partial charge in [-0.1, -0.05) is 41.6 Å². The number of methoxy groups -OCH3 is 1. The molecule has 0 aliphatic heterocycles. The van der Waals surface area contributed by atoms with Crippen LogP contribution in [0, 0.1) is 6.92 Å². The number of aryl methyl sites for hydroxylation is 1. The van der Waals surface area contributed by atoms with E-state index in [1.807, 2.05) is 44.2 Å². The molecular formula is C27H27N3O3S. The third-order valence-electron chi connectivity index (χ3n) is 5.30. The van der Waals surface area contributed by atoms with Gasteiger partial charge in [-0.25, -0.2) is 4.98 Å². The minimum absolute atomic E-state index is 0.0136. The van der Waals surface area contributed by atoms with Crippen molar-refractivity contribution in [2.45, 2.75) is 37.7 Å². The van der Waals surface area contributed by atoms with E-state index in [0.29, 0.717) is 38.8 Å². The zero-order valence-corrected chi connectivity index (χ0v) is 20.5. The van der Waals surface area contributed by atoms with E-state index in [1.165, 1.54) is 17.3 Å². The second-order valence-electron chi connectivity index (χ2n) is 8.37. The van der Waals surface area contributed by atoms with Crippen LogP contribution in [0.1, 0.15) is 35.3 Å². The quantitative estimate of drug-likeness (QED) is 0.297. The summed E-state index contributed by atoms with van der Waals surface area (Å²) in [5.74, 6) is 1.18. The lowest BCUT2D eigenvalue weighted by Gasteiger charge is -2.15. The van der Waals surface area contributed by atoms with Crippen molar-refractivity contribution in [3.63, 3.8) is 0 Å². The number of aromatic nitrogens is 2. The second kappa shape index (κ2) is 10.1. The van der Waals surface area contributed by atoms with Gasteiger partial charge in [-0.15, -0.1) is 0 Å². The Kier molecular flexibility index (Phi) is 7.03. The fraction of sp³-hybridized carbons (Fsp3) is 0.222. The number of carbonyl (C=O) groups is 1.